The molecule has 2 aromatic rings. The van der Waals surface area contributed by atoms with Gasteiger partial charge in [0.15, 0.2) is 0 Å². The third kappa shape index (κ3) is 3.20. The Kier molecular flexibility index (Phi) is 5.24. The summed E-state index contributed by atoms with van der Waals surface area (Å²) in [6.45, 7) is 4.06. The summed E-state index contributed by atoms with van der Waals surface area (Å²) in [6, 6.07) is 15.9. The second kappa shape index (κ2) is 7.14. The Morgan fingerprint density at radius 1 is 0.857 bits per heavy atom. The Morgan fingerprint density at radius 3 is 1.95 bits per heavy atom. The molecule has 0 atom stereocenters. The van der Waals surface area contributed by atoms with E-state index in [-0.39, 0.29) is 0 Å². The van der Waals surface area contributed by atoms with Gasteiger partial charge in [0.1, 0.15) is 5.75 Å². The number of benzene rings is 2. The van der Waals surface area contributed by atoms with Crippen molar-refractivity contribution in [3.8, 4) is 5.75 Å². The second-order valence-electron chi connectivity index (χ2n) is 4.58. The Bertz CT molecular complexity index is 683. The molecule has 0 aliphatic heterocycles. The van der Waals surface area contributed by atoms with Crippen molar-refractivity contribution in [1.29, 1.82) is 0 Å². The lowest BCUT2D eigenvalue weighted by atomic mass is 9.91. The summed E-state index contributed by atoms with van der Waals surface area (Å²) >= 11 is 6.36. The summed E-state index contributed by atoms with van der Waals surface area (Å²) in [5, 5.41) is 0.750. The highest BCUT2D eigenvalue weighted by molar-refractivity contribution is 6.33. The molecule has 0 heterocycles. The molecule has 0 spiro atoms. The molecule has 1 nitrogen and oxygen atoms in total. The molecule has 0 radical (unpaired) electrons. The van der Waals surface area contributed by atoms with Crippen molar-refractivity contribution >= 4 is 22.7 Å². The van der Waals surface area contributed by atoms with Crippen molar-refractivity contribution < 1.29 is 4.74 Å². The summed E-state index contributed by atoms with van der Waals surface area (Å²) in [5.41, 5.74) is 4.31. The SMILES string of the molecule is C/C=C(\C(=C/C)c1ccccc1OC)c1ccccc1Cl. The first-order valence-corrected chi connectivity index (χ1v) is 7.32. The Hall–Kier alpha value is -1.99. The van der Waals surface area contributed by atoms with E-state index in [0.29, 0.717) is 0 Å². The van der Waals surface area contributed by atoms with E-state index in [1.54, 1.807) is 7.11 Å². The summed E-state index contributed by atoms with van der Waals surface area (Å²) in [7, 11) is 1.69. The number of halogens is 1. The van der Waals surface area contributed by atoms with Gasteiger partial charge in [0.05, 0.1) is 7.11 Å². The predicted octanol–water partition coefficient (Wildman–Crippen LogP) is 5.86. The lowest BCUT2D eigenvalue weighted by Gasteiger charge is -2.16. The zero-order valence-electron chi connectivity index (χ0n) is 12.6. The molecule has 0 bridgehead atoms. The molecule has 0 amide bonds. The van der Waals surface area contributed by atoms with Crippen LogP contribution in [0.5, 0.6) is 5.75 Å². The van der Waals surface area contributed by atoms with Crippen LogP contribution in [0.4, 0.5) is 0 Å². The third-order valence-corrected chi connectivity index (χ3v) is 3.76. The maximum atomic E-state index is 6.36. The van der Waals surface area contributed by atoms with Gasteiger partial charge in [-0.2, -0.15) is 0 Å². The first-order chi connectivity index (χ1) is 10.2. The Labute approximate surface area is 131 Å². The highest BCUT2D eigenvalue weighted by Gasteiger charge is 2.14. The molecule has 0 saturated carbocycles. The van der Waals surface area contributed by atoms with E-state index in [0.717, 1.165) is 33.0 Å². The largest absolute Gasteiger partial charge is 0.496 e. The van der Waals surface area contributed by atoms with Crippen LogP contribution < -0.4 is 4.74 Å². The van der Waals surface area contributed by atoms with Crippen molar-refractivity contribution in [2.45, 2.75) is 13.8 Å². The summed E-state index contributed by atoms with van der Waals surface area (Å²) in [5.74, 6) is 0.858. The van der Waals surface area contributed by atoms with Gasteiger partial charge < -0.3 is 4.74 Å². The van der Waals surface area contributed by atoms with E-state index >= 15 is 0 Å². The van der Waals surface area contributed by atoms with E-state index in [1.807, 2.05) is 56.3 Å². The normalized spacial score (nSPS) is 12.4. The van der Waals surface area contributed by atoms with E-state index in [1.165, 1.54) is 0 Å². The molecule has 2 aromatic carbocycles. The van der Waals surface area contributed by atoms with Gasteiger partial charge in [-0.05, 0) is 37.1 Å². The molecule has 2 rings (SSSR count). The number of para-hydroxylation sites is 1. The quantitative estimate of drug-likeness (QED) is 0.643. The van der Waals surface area contributed by atoms with Gasteiger partial charge >= 0.3 is 0 Å². The minimum Gasteiger partial charge on any atom is -0.496 e. The van der Waals surface area contributed by atoms with Gasteiger partial charge in [0.2, 0.25) is 0 Å². The van der Waals surface area contributed by atoms with Crippen LogP contribution in [0.2, 0.25) is 5.02 Å². The fourth-order valence-electron chi connectivity index (χ4n) is 2.46. The number of methoxy groups -OCH3 is 1. The molecule has 0 unspecified atom stereocenters. The fourth-order valence-corrected chi connectivity index (χ4v) is 2.70. The minimum atomic E-state index is 0.750. The van der Waals surface area contributed by atoms with Crippen LogP contribution in [0.25, 0.3) is 11.1 Å². The van der Waals surface area contributed by atoms with Gasteiger partial charge in [-0.15, -0.1) is 0 Å². The highest BCUT2D eigenvalue weighted by Crippen LogP contribution is 2.38. The smallest absolute Gasteiger partial charge is 0.126 e. The number of hydrogen-bond donors (Lipinski definition) is 0. The van der Waals surface area contributed by atoms with Crippen LogP contribution in [0.15, 0.2) is 60.7 Å². The van der Waals surface area contributed by atoms with Crippen LogP contribution in [-0.2, 0) is 0 Å². The molecule has 0 aliphatic rings. The van der Waals surface area contributed by atoms with Gasteiger partial charge in [-0.3, -0.25) is 0 Å². The van der Waals surface area contributed by atoms with Gasteiger partial charge in [-0.25, -0.2) is 0 Å². The van der Waals surface area contributed by atoms with Crippen LogP contribution in [0.1, 0.15) is 25.0 Å². The lowest BCUT2D eigenvalue weighted by Crippen LogP contribution is -1.95. The van der Waals surface area contributed by atoms with E-state index in [9.17, 15) is 0 Å². The van der Waals surface area contributed by atoms with Gasteiger partial charge in [0, 0.05) is 16.1 Å². The standard InChI is InChI=1S/C19H19ClO/c1-4-14(16-10-6-8-12-18(16)20)15(5-2)17-11-7-9-13-19(17)21-3/h4-13H,1-3H3/b14-4+,15-5+. The topological polar surface area (TPSA) is 9.23 Å². The molecule has 0 fully saturated rings. The van der Waals surface area contributed by atoms with Crippen molar-refractivity contribution in [3.63, 3.8) is 0 Å². The molecular weight excluding hydrogens is 280 g/mol. The molecule has 0 saturated heterocycles. The molecule has 108 valence electrons. The average Bonchev–Trinajstić information content (AvgIpc) is 2.53. The second-order valence-corrected chi connectivity index (χ2v) is 4.99. The van der Waals surface area contributed by atoms with Crippen LogP contribution >= 0.6 is 11.6 Å². The first kappa shape index (κ1) is 15.4. The monoisotopic (exact) mass is 298 g/mol. The highest BCUT2D eigenvalue weighted by atomic mass is 35.5. The Morgan fingerprint density at radius 2 is 1.38 bits per heavy atom. The van der Waals surface area contributed by atoms with Crippen molar-refractivity contribution in [3.05, 3.63) is 76.8 Å². The molecule has 0 N–H and O–H groups in total. The minimum absolute atomic E-state index is 0.750. The molecule has 0 aromatic heterocycles. The molecule has 2 heteroatoms. The molecule has 0 aliphatic carbocycles. The maximum Gasteiger partial charge on any atom is 0.126 e. The van der Waals surface area contributed by atoms with Crippen molar-refractivity contribution in [1.82, 2.24) is 0 Å². The van der Waals surface area contributed by atoms with Gasteiger partial charge in [-0.1, -0.05) is 60.2 Å². The summed E-state index contributed by atoms with van der Waals surface area (Å²) < 4.78 is 5.49. The van der Waals surface area contributed by atoms with Crippen LogP contribution in [0, 0.1) is 0 Å². The number of hydrogen-bond acceptors (Lipinski definition) is 1. The molecular formula is C19H19ClO. The fraction of sp³-hybridized carbons (Fsp3) is 0.158. The van der Waals surface area contributed by atoms with Gasteiger partial charge in [0.25, 0.3) is 0 Å². The third-order valence-electron chi connectivity index (χ3n) is 3.43. The van der Waals surface area contributed by atoms with Crippen LogP contribution in [-0.4, -0.2) is 7.11 Å². The lowest BCUT2D eigenvalue weighted by molar-refractivity contribution is 0.413. The Balaban J connectivity index is 2.58. The van der Waals surface area contributed by atoms with E-state index in [2.05, 4.69) is 18.2 Å². The first-order valence-electron chi connectivity index (χ1n) is 6.94. The predicted molar refractivity (Wildman–Crippen MR) is 91.7 cm³/mol. The summed E-state index contributed by atoms with van der Waals surface area (Å²) in [4.78, 5) is 0. The maximum absolute atomic E-state index is 6.36. The number of rotatable bonds is 4. The average molecular weight is 299 g/mol. The summed E-state index contributed by atoms with van der Waals surface area (Å²) in [6.07, 6.45) is 4.18. The van der Waals surface area contributed by atoms with Crippen molar-refractivity contribution in [2.75, 3.05) is 7.11 Å². The van der Waals surface area contributed by atoms with E-state index in [4.69, 9.17) is 16.3 Å². The molecule has 21 heavy (non-hydrogen) atoms. The van der Waals surface area contributed by atoms with Crippen molar-refractivity contribution in [2.24, 2.45) is 0 Å². The number of ether oxygens (including phenoxy) is 1. The van der Waals surface area contributed by atoms with E-state index < -0.39 is 0 Å². The zero-order chi connectivity index (χ0) is 15.2. The van der Waals surface area contributed by atoms with Crippen LogP contribution in [0.3, 0.4) is 0 Å². The number of allylic oxidation sites excluding steroid dienone is 4. The zero-order valence-corrected chi connectivity index (χ0v) is 13.3.